The summed E-state index contributed by atoms with van der Waals surface area (Å²) in [6, 6.07) is 5.30. The lowest BCUT2D eigenvalue weighted by Gasteiger charge is -2.39. The summed E-state index contributed by atoms with van der Waals surface area (Å²) in [5.74, 6) is -5.00. The Morgan fingerprint density at radius 1 is 0.837 bits per heavy atom. The molecule has 1 aliphatic carbocycles. The molecule has 1 saturated heterocycles. The number of alkyl halides is 7. The van der Waals surface area contributed by atoms with E-state index < -0.39 is 48.0 Å². The van der Waals surface area contributed by atoms with E-state index in [1.54, 1.807) is 0 Å². The zero-order chi connectivity index (χ0) is 31.4. The smallest absolute Gasteiger partial charge is 0.432 e. The minimum atomic E-state index is -5.85. The number of halogens is 9. The summed E-state index contributed by atoms with van der Waals surface area (Å²) < 4.78 is 142. The van der Waals surface area contributed by atoms with E-state index in [2.05, 4.69) is 10.8 Å². The molecule has 0 N–H and O–H groups in total. The zero-order valence-electron chi connectivity index (χ0n) is 23.1. The molecule has 1 heterocycles. The Hall–Kier alpha value is -2.77. The molecule has 0 bridgehead atoms. The summed E-state index contributed by atoms with van der Waals surface area (Å²) in [6.07, 6.45) is -7.86. The summed E-state index contributed by atoms with van der Waals surface area (Å²) in [4.78, 5) is 0. The topological polar surface area (TPSA) is 36.9 Å². The van der Waals surface area contributed by atoms with Gasteiger partial charge in [-0.3, -0.25) is 0 Å². The third kappa shape index (κ3) is 8.66. The summed E-state index contributed by atoms with van der Waals surface area (Å²) in [5, 5.41) is 0. The Kier molecular flexibility index (Phi) is 10.4. The maximum atomic E-state index is 15.0. The largest absolute Gasteiger partial charge is 0.527 e. The van der Waals surface area contributed by atoms with Gasteiger partial charge in [0.15, 0.2) is 6.29 Å². The predicted octanol–water partition coefficient (Wildman–Crippen LogP) is 9.34. The highest BCUT2D eigenvalue weighted by atomic mass is 19.4. The van der Waals surface area contributed by atoms with Gasteiger partial charge in [-0.15, -0.1) is 13.2 Å². The molecule has 4 rings (SSSR count). The van der Waals surface area contributed by atoms with Gasteiger partial charge in [0, 0.05) is 11.8 Å². The van der Waals surface area contributed by atoms with Crippen LogP contribution in [0.15, 0.2) is 48.6 Å². The molecule has 0 amide bonds. The van der Waals surface area contributed by atoms with Crippen molar-refractivity contribution in [1.82, 2.24) is 0 Å². The lowest BCUT2D eigenvalue weighted by molar-refractivity contribution is -0.432. The third-order valence-corrected chi connectivity index (χ3v) is 7.62. The van der Waals surface area contributed by atoms with Crippen LogP contribution in [0.25, 0.3) is 11.1 Å². The fourth-order valence-electron chi connectivity index (χ4n) is 5.39. The van der Waals surface area contributed by atoms with E-state index in [4.69, 9.17) is 14.2 Å². The van der Waals surface area contributed by atoms with Gasteiger partial charge in [-0.05, 0) is 80.8 Å². The maximum Gasteiger partial charge on any atom is 0.527 e. The van der Waals surface area contributed by atoms with E-state index in [1.165, 1.54) is 0 Å². The quantitative estimate of drug-likeness (QED) is 0.195. The monoisotopic (exact) mass is 626 g/mol. The van der Waals surface area contributed by atoms with Crippen molar-refractivity contribution in [2.24, 2.45) is 17.8 Å². The number of allylic oxidation sites excluding steroid dienone is 2. The molecule has 4 nitrogen and oxygen atoms in total. The number of ether oxygens (including phenoxy) is 4. The van der Waals surface area contributed by atoms with Crippen LogP contribution in [0.1, 0.15) is 51.0 Å². The maximum absolute atomic E-state index is 15.0. The van der Waals surface area contributed by atoms with Crippen LogP contribution in [0, 0.1) is 29.4 Å². The normalized spacial score (nSPS) is 24.0. The Balaban J connectivity index is 1.32. The first-order valence-electron chi connectivity index (χ1n) is 13.8. The number of hydrogen-bond donors (Lipinski definition) is 0. The van der Waals surface area contributed by atoms with Crippen molar-refractivity contribution < 1.29 is 58.5 Å². The SMILES string of the molecule is C/C=C/CCC1COC(C2CCC(C(F)(F)Oc3ccc(-c4cc(F)c(C(F)(F)OC(F)(F)F)c(F)c4)cc3)CC2)OC1. The second-order valence-electron chi connectivity index (χ2n) is 10.7. The molecule has 0 atom stereocenters. The van der Waals surface area contributed by atoms with Gasteiger partial charge in [-0.25, -0.2) is 13.5 Å². The summed E-state index contributed by atoms with van der Waals surface area (Å²) in [7, 11) is 0. The van der Waals surface area contributed by atoms with Gasteiger partial charge in [0.1, 0.15) is 22.9 Å². The molecule has 0 radical (unpaired) electrons. The van der Waals surface area contributed by atoms with Crippen LogP contribution >= 0.6 is 0 Å². The lowest BCUT2D eigenvalue weighted by atomic mass is 9.80. The standard InChI is InChI=1S/C30H31F9O4/c1-2-3-4-5-18-16-40-27(41-17-18)20-6-10-22(11-7-20)28(33,34)42-23-12-8-19(9-13-23)21-14-24(31)26(25(32)15-21)29(35,36)43-30(37,38)39/h2-3,8-9,12-15,18,20,22,27H,4-7,10-11,16-17H2,1H3/b3-2+. The Morgan fingerprint density at radius 3 is 1.95 bits per heavy atom. The highest BCUT2D eigenvalue weighted by Crippen LogP contribution is 2.43. The summed E-state index contributed by atoms with van der Waals surface area (Å²) in [5.41, 5.74) is -2.53. The van der Waals surface area contributed by atoms with Crippen LogP contribution < -0.4 is 4.74 Å². The molecule has 0 spiro atoms. The minimum Gasteiger partial charge on any atom is -0.432 e. The fourth-order valence-corrected chi connectivity index (χ4v) is 5.39. The molecule has 2 aliphatic rings. The van der Waals surface area contributed by atoms with Crippen LogP contribution in [0.2, 0.25) is 0 Å². The second kappa shape index (κ2) is 13.5. The molecule has 2 aromatic carbocycles. The fraction of sp³-hybridized carbons (Fsp3) is 0.533. The zero-order valence-corrected chi connectivity index (χ0v) is 23.1. The van der Waals surface area contributed by atoms with Crippen LogP contribution in [-0.2, 0) is 20.3 Å². The molecule has 0 aromatic heterocycles. The highest BCUT2D eigenvalue weighted by Gasteiger charge is 2.50. The molecule has 1 aliphatic heterocycles. The minimum absolute atomic E-state index is 0.00465. The summed E-state index contributed by atoms with van der Waals surface area (Å²) >= 11 is 0. The Morgan fingerprint density at radius 2 is 1.42 bits per heavy atom. The first-order valence-corrected chi connectivity index (χ1v) is 13.8. The van der Waals surface area contributed by atoms with Gasteiger partial charge < -0.3 is 14.2 Å². The van der Waals surface area contributed by atoms with Gasteiger partial charge in [0.05, 0.1) is 19.1 Å². The van der Waals surface area contributed by atoms with E-state index in [0.29, 0.717) is 44.1 Å². The van der Waals surface area contributed by atoms with Crippen LogP contribution in [0.5, 0.6) is 5.75 Å². The number of rotatable bonds is 10. The first-order chi connectivity index (χ1) is 20.2. The predicted molar refractivity (Wildman–Crippen MR) is 137 cm³/mol. The molecule has 238 valence electrons. The van der Waals surface area contributed by atoms with Gasteiger partial charge >= 0.3 is 18.6 Å². The van der Waals surface area contributed by atoms with Crippen molar-refractivity contribution in [3.8, 4) is 16.9 Å². The number of benzene rings is 2. The van der Waals surface area contributed by atoms with E-state index in [0.717, 1.165) is 37.1 Å². The third-order valence-electron chi connectivity index (χ3n) is 7.62. The molecule has 2 fully saturated rings. The second-order valence-corrected chi connectivity index (χ2v) is 10.7. The van der Waals surface area contributed by atoms with E-state index in [9.17, 15) is 30.7 Å². The van der Waals surface area contributed by atoms with E-state index in [1.807, 2.05) is 13.0 Å². The average molecular weight is 627 g/mol. The molecule has 1 saturated carbocycles. The molecule has 43 heavy (non-hydrogen) atoms. The van der Waals surface area contributed by atoms with Gasteiger partial charge in [-0.1, -0.05) is 24.3 Å². The van der Waals surface area contributed by atoms with Crippen molar-refractivity contribution in [2.75, 3.05) is 13.2 Å². The van der Waals surface area contributed by atoms with Crippen LogP contribution in [0.4, 0.5) is 39.5 Å². The molecular formula is C30H31F9O4. The van der Waals surface area contributed by atoms with Crippen LogP contribution in [0.3, 0.4) is 0 Å². The van der Waals surface area contributed by atoms with Crippen molar-refractivity contribution in [3.05, 3.63) is 65.7 Å². The van der Waals surface area contributed by atoms with Gasteiger partial charge in [-0.2, -0.15) is 17.6 Å². The Labute approximate surface area is 242 Å². The lowest BCUT2D eigenvalue weighted by Crippen LogP contribution is -2.42. The highest BCUT2D eigenvalue weighted by molar-refractivity contribution is 5.65. The molecule has 13 heteroatoms. The average Bonchev–Trinajstić information content (AvgIpc) is 2.92. The summed E-state index contributed by atoms with van der Waals surface area (Å²) in [6.45, 7) is 3.10. The van der Waals surface area contributed by atoms with Crippen molar-refractivity contribution >= 4 is 0 Å². The van der Waals surface area contributed by atoms with E-state index in [-0.39, 0.29) is 35.6 Å². The van der Waals surface area contributed by atoms with Crippen LogP contribution in [-0.4, -0.2) is 32.0 Å². The molecule has 2 aromatic rings. The van der Waals surface area contributed by atoms with Crippen molar-refractivity contribution in [1.29, 1.82) is 0 Å². The Bertz CT molecular complexity index is 1210. The molecular weight excluding hydrogens is 595 g/mol. The van der Waals surface area contributed by atoms with Gasteiger partial charge in [0.25, 0.3) is 0 Å². The van der Waals surface area contributed by atoms with Crippen molar-refractivity contribution in [2.45, 2.75) is 70.3 Å². The van der Waals surface area contributed by atoms with E-state index >= 15 is 8.78 Å². The molecule has 0 unspecified atom stereocenters. The van der Waals surface area contributed by atoms with Gasteiger partial charge in [0.2, 0.25) is 0 Å². The van der Waals surface area contributed by atoms with Crippen molar-refractivity contribution in [3.63, 3.8) is 0 Å². The number of hydrogen-bond acceptors (Lipinski definition) is 4. The first kappa shape index (κ1) is 33.1.